The number of carbonyl (C=O) groups is 3. The Bertz CT molecular complexity index is 1230. The van der Waals surface area contributed by atoms with Gasteiger partial charge in [0.25, 0.3) is 0 Å². The lowest BCUT2D eigenvalue weighted by molar-refractivity contribution is -0.167. The third-order valence-electron chi connectivity index (χ3n) is 10.0. The molecule has 0 aliphatic carbocycles. The van der Waals surface area contributed by atoms with E-state index in [1.165, 1.54) is 96.3 Å². The summed E-state index contributed by atoms with van der Waals surface area (Å²) in [5.74, 6) is -0.998. The smallest absolute Gasteiger partial charge is 0.306 e. The second kappa shape index (κ2) is 48.0. The van der Waals surface area contributed by atoms with Crippen molar-refractivity contribution in [2.45, 2.75) is 213 Å². The molecule has 0 rings (SSSR count). The van der Waals surface area contributed by atoms with Crippen LogP contribution in [0.5, 0.6) is 0 Å². The molecule has 0 saturated carbocycles. The van der Waals surface area contributed by atoms with E-state index in [1.807, 2.05) is 54.7 Å². The zero-order valence-corrected chi connectivity index (χ0v) is 38.7. The Morgan fingerprint density at radius 3 is 1.08 bits per heavy atom. The first kappa shape index (κ1) is 56.3. The van der Waals surface area contributed by atoms with Gasteiger partial charge in [-0.05, 0) is 51.4 Å². The molecule has 0 amide bonds. The molecule has 0 fully saturated rings. The van der Waals surface area contributed by atoms with Gasteiger partial charge in [-0.3, -0.25) is 14.4 Å². The van der Waals surface area contributed by atoms with Crippen molar-refractivity contribution in [3.8, 4) is 0 Å². The lowest BCUT2D eigenvalue weighted by Crippen LogP contribution is -2.30. The average Bonchev–Trinajstić information content (AvgIpc) is 3.24. The number of rotatable bonds is 42. The van der Waals surface area contributed by atoms with Gasteiger partial charge in [-0.25, -0.2) is 0 Å². The van der Waals surface area contributed by atoms with Crippen LogP contribution in [0.1, 0.15) is 207 Å². The summed E-state index contributed by atoms with van der Waals surface area (Å²) in [6.07, 6.45) is 62.5. The van der Waals surface area contributed by atoms with Gasteiger partial charge in [0.05, 0.1) is 0 Å². The van der Waals surface area contributed by atoms with E-state index < -0.39 is 6.10 Å². The van der Waals surface area contributed by atoms with Crippen LogP contribution in [0.4, 0.5) is 0 Å². The highest BCUT2D eigenvalue weighted by atomic mass is 16.6. The minimum absolute atomic E-state index is 0.106. The van der Waals surface area contributed by atoms with Gasteiger partial charge in [0.1, 0.15) is 13.2 Å². The number of hydrogen-bond acceptors (Lipinski definition) is 6. The highest BCUT2D eigenvalue weighted by molar-refractivity contribution is 5.71. The van der Waals surface area contributed by atoms with Gasteiger partial charge < -0.3 is 14.2 Å². The molecule has 0 aliphatic heterocycles. The summed E-state index contributed by atoms with van der Waals surface area (Å²) >= 11 is 0. The average molecular weight is 833 g/mol. The number of ether oxygens (including phenoxy) is 3. The summed E-state index contributed by atoms with van der Waals surface area (Å²) in [6.45, 7) is 6.28. The van der Waals surface area contributed by atoms with Gasteiger partial charge in [-0.15, -0.1) is 0 Å². The maximum Gasteiger partial charge on any atom is 0.306 e. The van der Waals surface area contributed by atoms with Gasteiger partial charge in [0, 0.05) is 19.3 Å². The van der Waals surface area contributed by atoms with E-state index in [9.17, 15) is 14.4 Å². The van der Waals surface area contributed by atoms with Crippen LogP contribution >= 0.6 is 0 Å². The Balaban J connectivity index is 4.50. The molecule has 1 unspecified atom stereocenters. The quantitative estimate of drug-likeness (QED) is 0.0264. The molecule has 0 spiro atoms. The molecule has 0 heterocycles. The van der Waals surface area contributed by atoms with Crippen LogP contribution in [-0.2, 0) is 28.6 Å². The Kier molecular flexibility index (Phi) is 45.1. The summed E-state index contributed by atoms with van der Waals surface area (Å²) in [5, 5.41) is 0. The topological polar surface area (TPSA) is 78.9 Å². The maximum absolute atomic E-state index is 12.8. The van der Waals surface area contributed by atoms with Crippen LogP contribution in [-0.4, -0.2) is 37.2 Å². The molecule has 340 valence electrons. The fourth-order valence-electron chi connectivity index (χ4n) is 6.41. The fraction of sp³-hybridized carbons (Fsp3) is 0.648. The van der Waals surface area contributed by atoms with Crippen molar-refractivity contribution >= 4 is 17.9 Å². The van der Waals surface area contributed by atoms with E-state index in [2.05, 4.69) is 63.3 Å². The summed E-state index contributed by atoms with van der Waals surface area (Å²) in [5.41, 5.74) is 0. The van der Waals surface area contributed by atoms with Crippen molar-refractivity contribution in [1.29, 1.82) is 0 Å². The normalized spacial score (nSPS) is 12.9. The van der Waals surface area contributed by atoms with Crippen LogP contribution in [0.3, 0.4) is 0 Å². The number of allylic oxidation sites excluding steroid dienone is 16. The zero-order valence-electron chi connectivity index (χ0n) is 38.7. The van der Waals surface area contributed by atoms with Gasteiger partial charge in [-0.1, -0.05) is 234 Å². The number of carbonyl (C=O) groups excluding carboxylic acids is 3. The molecule has 60 heavy (non-hydrogen) atoms. The first-order valence-corrected chi connectivity index (χ1v) is 24.3. The highest BCUT2D eigenvalue weighted by Crippen LogP contribution is 2.15. The van der Waals surface area contributed by atoms with Gasteiger partial charge >= 0.3 is 17.9 Å². The molecule has 0 aromatic heterocycles. The third-order valence-corrected chi connectivity index (χ3v) is 10.0. The summed E-state index contributed by atoms with van der Waals surface area (Å²) in [6, 6.07) is 0. The van der Waals surface area contributed by atoms with Crippen LogP contribution in [0.25, 0.3) is 0 Å². The molecular formula is C54H88O6. The standard InChI is InChI=1S/C54H88O6/c1-4-7-10-13-16-19-22-25-27-30-32-35-38-41-44-47-53(56)59-50-51(49-58-52(55)46-43-40-37-34-31-28-24-21-18-15-12-9-6-3)60-54(57)48-45-42-39-36-33-29-26-23-20-17-14-11-8-5-2/h7,9-10,12-13,15-16,18-19,21-22,24,28,31,34,37,51H,4-6,8,11,14,17,20,23,25-27,29-30,32-33,35-36,38-50H2,1-3H3/b10-7-,12-9-,16-13-,18-15-,22-19-,24-21-,31-28-,37-34-. The predicted octanol–water partition coefficient (Wildman–Crippen LogP) is 15.8. The molecule has 0 radical (unpaired) electrons. The van der Waals surface area contributed by atoms with Crippen molar-refractivity contribution in [3.05, 3.63) is 97.2 Å². The fourth-order valence-corrected chi connectivity index (χ4v) is 6.41. The van der Waals surface area contributed by atoms with Gasteiger partial charge in [-0.2, -0.15) is 0 Å². The summed E-state index contributed by atoms with van der Waals surface area (Å²) in [4.78, 5) is 37.9. The number of unbranched alkanes of at least 4 members (excludes halogenated alkanes) is 21. The minimum Gasteiger partial charge on any atom is -0.462 e. The first-order chi connectivity index (χ1) is 29.5. The van der Waals surface area contributed by atoms with E-state index in [0.717, 1.165) is 64.2 Å². The minimum atomic E-state index is -0.809. The van der Waals surface area contributed by atoms with Crippen molar-refractivity contribution < 1.29 is 28.6 Å². The SMILES string of the molecule is CC\C=C/C=C\C=C/C=C\C=C/CCCC(=O)OCC(COC(=O)CCCCCCCCC\C=C/C=C\C=C/CC)OC(=O)CCCCCCCCCCCCCCCC. The second-order valence-corrected chi connectivity index (χ2v) is 15.8. The summed E-state index contributed by atoms with van der Waals surface area (Å²) < 4.78 is 16.7. The lowest BCUT2D eigenvalue weighted by Gasteiger charge is -2.18. The van der Waals surface area contributed by atoms with Gasteiger partial charge in [0.15, 0.2) is 6.10 Å². The molecule has 6 heteroatoms. The molecule has 6 nitrogen and oxygen atoms in total. The second-order valence-electron chi connectivity index (χ2n) is 15.8. The van der Waals surface area contributed by atoms with E-state index >= 15 is 0 Å². The Morgan fingerprint density at radius 1 is 0.350 bits per heavy atom. The monoisotopic (exact) mass is 833 g/mol. The van der Waals surface area contributed by atoms with Crippen molar-refractivity contribution in [2.24, 2.45) is 0 Å². The van der Waals surface area contributed by atoms with Crippen LogP contribution < -0.4 is 0 Å². The van der Waals surface area contributed by atoms with E-state index in [0.29, 0.717) is 19.3 Å². The van der Waals surface area contributed by atoms with Crippen molar-refractivity contribution in [3.63, 3.8) is 0 Å². The zero-order chi connectivity index (χ0) is 43.7. The van der Waals surface area contributed by atoms with Crippen LogP contribution in [0.2, 0.25) is 0 Å². The Hall–Kier alpha value is -3.67. The molecule has 0 saturated heterocycles. The molecule has 1 atom stereocenters. The van der Waals surface area contributed by atoms with E-state index in [-0.39, 0.29) is 37.5 Å². The first-order valence-electron chi connectivity index (χ1n) is 24.3. The van der Waals surface area contributed by atoms with Crippen molar-refractivity contribution in [2.75, 3.05) is 13.2 Å². The molecular weight excluding hydrogens is 745 g/mol. The highest BCUT2D eigenvalue weighted by Gasteiger charge is 2.19. The molecule has 0 aromatic carbocycles. The number of esters is 3. The predicted molar refractivity (Wildman–Crippen MR) is 256 cm³/mol. The largest absolute Gasteiger partial charge is 0.462 e. The van der Waals surface area contributed by atoms with E-state index in [1.54, 1.807) is 0 Å². The summed E-state index contributed by atoms with van der Waals surface area (Å²) in [7, 11) is 0. The van der Waals surface area contributed by atoms with Crippen LogP contribution in [0.15, 0.2) is 97.2 Å². The Labute approximate surface area is 368 Å². The van der Waals surface area contributed by atoms with Crippen molar-refractivity contribution in [1.82, 2.24) is 0 Å². The lowest BCUT2D eigenvalue weighted by atomic mass is 10.0. The molecule has 0 N–H and O–H groups in total. The molecule has 0 bridgehead atoms. The van der Waals surface area contributed by atoms with E-state index in [4.69, 9.17) is 14.2 Å². The Morgan fingerprint density at radius 2 is 0.667 bits per heavy atom. The molecule has 0 aliphatic rings. The number of hydrogen-bond donors (Lipinski definition) is 0. The third kappa shape index (κ3) is 45.4. The maximum atomic E-state index is 12.8. The van der Waals surface area contributed by atoms with Crippen LogP contribution in [0, 0.1) is 0 Å². The van der Waals surface area contributed by atoms with Gasteiger partial charge in [0.2, 0.25) is 0 Å². The molecule has 0 aromatic rings.